The summed E-state index contributed by atoms with van der Waals surface area (Å²) in [4.78, 5) is 0. The van der Waals surface area contributed by atoms with Crippen LogP contribution in [0.5, 0.6) is 0 Å². The summed E-state index contributed by atoms with van der Waals surface area (Å²) in [5.41, 5.74) is 6.87. The van der Waals surface area contributed by atoms with E-state index in [9.17, 15) is 0 Å². The molecule has 0 aromatic heterocycles. The highest BCUT2D eigenvalue weighted by molar-refractivity contribution is 5.90. The van der Waals surface area contributed by atoms with Crippen LogP contribution in [0.3, 0.4) is 0 Å². The monoisotopic (exact) mass is 533 g/mol. The van der Waals surface area contributed by atoms with E-state index in [1.165, 1.54) is 95.5 Å². The zero-order chi connectivity index (χ0) is 28.7. The van der Waals surface area contributed by atoms with Gasteiger partial charge in [0, 0.05) is 5.41 Å². The summed E-state index contributed by atoms with van der Waals surface area (Å²) in [5, 5.41) is 0. The van der Waals surface area contributed by atoms with E-state index in [1.807, 2.05) is 0 Å². The lowest BCUT2D eigenvalue weighted by Gasteiger charge is -2.38. The van der Waals surface area contributed by atoms with Crippen LogP contribution in [-0.4, -0.2) is 0 Å². The smallest absolute Gasteiger partial charge is 0.0212 e. The lowest BCUT2D eigenvalue weighted by Crippen LogP contribution is -2.29. The first-order valence-corrected chi connectivity index (χ1v) is 16.9. The predicted molar refractivity (Wildman–Crippen MR) is 177 cm³/mol. The molecule has 2 aliphatic carbocycles. The molecule has 0 saturated heterocycles. The van der Waals surface area contributed by atoms with E-state index >= 15 is 0 Å². The molecular weight excluding hydrogens is 468 g/mol. The maximum absolute atomic E-state index is 2.74. The van der Waals surface area contributed by atoms with Crippen molar-refractivity contribution in [2.75, 3.05) is 0 Å². The Balaban J connectivity index is 0.00000124. The summed E-state index contributed by atoms with van der Waals surface area (Å²) in [5.74, 6) is 1.42. The Kier molecular flexibility index (Phi) is 14.9. The van der Waals surface area contributed by atoms with Gasteiger partial charge in [-0.3, -0.25) is 0 Å². The highest BCUT2D eigenvalue weighted by Crippen LogP contribution is 2.58. The van der Waals surface area contributed by atoms with E-state index in [-0.39, 0.29) is 10.8 Å². The number of rotatable bonds is 16. The fourth-order valence-electron chi connectivity index (χ4n) is 6.82. The minimum absolute atomic E-state index is 0.199. The van der Waals surface area contributed by atoms with Gasteiger partial charge in [-0.2, -0.15) is 0 Å². The third-order valence-electron chi connectivity index (χ3n) is 8.95. The summed E-state index contributed by atoms with van der Waals surface area (Å²) in [7, 11) is 0. The Morgan fingerprint density at radius 3 is 1.87 bits per heavy atom. The van der Waals surface area contributed by atoms with E-state index in [0.717, 1.165) is 12.3 Å². The van der Waals surface area contributed by atoms with Gasteiger partial charge in [-0.05, 0) is 65.7 Å². The summed E-state index contributed by atoms with van der Waals surface area (Å²) in [6.07, 6.45) is 30.4. The van der Waals surface area contributed by atoms with Crippen LogP contribution in [0.25, 0.3) is 5.57 Å². The molecule has 220 valence electrons. The van der Waals surface area contributed by atoms with E-state index in [2.05, 4.69) is 104 Å². The summed E-state index contributed by atoms with van der Waals surface area (Å²) < 4.78 is 0. The van der Waals surface area contributed by atoms with Crippen LogP contribution in [-0.2, 0) is 5.41 Å². The zero-order valence-electron chi connectivity index (χ0n) is 27.4. The van der Waals surface area contributed by atoms with E-state index < -0.39 is 0 Å². The van der Waals surface area contributed by atoms with Gasteiger partial charge in [-0.1, -0.05) is 174 Å². The minimum Gasteiger partial charge on any atom is -0.0911 e. The van der Waals surface area contributed by atoms with Crippen molar-refractivity contribution in [1.82, 2.24) is 0 Å². The summed E-state index contributed by atoms with van der Waals surface area (Å²) in [6, 6.07) is 9.46. The van der Waals surface area contributed by atoms with Gasteiger partial charge >= 0.3 is 0 Å². The van der Waals surface area contributed by atoms with Crippen LogP contribution in [0.4, 0.5) is 0 Å². The Hall–Kier alpha value is -1.56. The van der Waals surface area contributed by atoms with Gasteiger partial charge in [0.15, 0.2) is 0 Å². The highest BCUT2D eigenvalue weighted by Gasteiger charge is 2.46. The van der Waals surface area contributed by atoms with Gasteiger partial charge in [0.05, 0.1) is 0 Å². The molecule has 0 amide bonds. The largest absolute Gasteiger partial charge is 0.0911 e. The Labute approximate surface area is 244 Å². The standard InChI is InChI=1S/C35H54.C4H10/c1-6-9-11-13-15-19-26-35(27-20-16-14-12-10-7-2)32-22-18-17-21-30(32)31-24-23-29(28-33(31)35)34(4,5)25-8-3;1-4(2)3/h8,17-18,21-22,24-25,28-29H,6-7,9-16,19-20,23,26-27H2,1-5H3;4H,1-3H3. The van der Waals surface area contributed by atoms with Crippen molar-refractivity contribution in [1.29, 1.82) is 0 Å². The second-order valence-electron chi connectivity index (χ2n) is 13.8. The first kappa shape index (κ1) is 33.6. The number of hydrogen-bond acceptors (Lipinski definition) is 0. The molecule has 1 atom stereocenters. The molecule has 0 heterocycles. The molecule has 0 N–H and O–H groups in total. The Morgan fingerprint density at radius 1 is 0.821 bits per heavy atom. The molecule has 1 aromatic rings. The molecule has 1 unspecified atom stereocenters. The van der Waals surface area contributed by atoms with Crippen molar-refractivity contribution >= 4 is 5.57 Å². The first-order valence-electron chi connectivity index (χ1n) is 16.9. The predicted octanol–water partition coefficient (Wildman–Crippen LogP) is 13.0. The van der Waals surface area contributed by atoms with E-state index in [1.54, 1.807) is 16.7 Å². The fourth-order valence-corrected chi connectivity index (χ4v) is 6.82. The molecule has 0 bridgehead atoms. The van der Waals surface area contributed by atoms with Crippen LogP contribution < -0.4 is 0 Å². The zero-order valence-corrected chi connectivity index (χ0v) is 27.4. The number of unbranched alkanes of at least 4 members (excludes halogenated alkanes) is 10. The SMILES string of the molecule is CC(C)C.CC=CC(C)(C)C1C=C2C(=CC1)c1ccccc1C2(CCCCCCCC)CCCCCCCC. The van der Waals surface area contributed by atoms with Crippen molar-refractivity contribution in [3.8, 4) is 0 Å². The molecule has 0 nitrogen and oxygen atoms in total. The van der Waals surface area contributed by atoms with Crippen LogP contribution in [0.1, 0.15) is 163 Å². The van der Waals surface area contributed by atoms with Gasteiger partial charge in [0.2, 0.25) is 0 Å². The molecule has 0 saturated carbocycles. The molecule has 0 fully saturated rings. The second-order valence-corrected chi connectivity index (χ2v) is 13.8. The maximum atomic E-state index is 2.74. The maximum Gasteiger partial charge on any atom is 0.0212 e. The molecule has 1 aromatic carbocycles. The molecule has 0 radical (unpaired) electrons. The van der Waals surface area contributed by atoms with Crippen LogP contribution in [0.2, 0.25) is 0 Å². The number of allylic oxidation sites excluding steroid dienone is 6. The third kappa shape index (κ3) is 9.79. The molecule has 2 aliphatic rings. The van der Waals surface area contributed by atoms with Crippen molar-refractivity contribution in [3.05, 3.63) is 65.3 Å². The van der Waals surface area contributed by atoms with Crippen molar-refractivity contribution < 1.29 is 0 Å². The Morgan fingerprint density at radius 2 is 1.33 bits per heavy atom. The van der Waals surface area contributed by atoms with Crippen molar-refractivity contribution in [2.24, 2.45) is 17.3 Å². The van der Waals surface area contributed by atoms with Crippen molar-refractivity contribution in [3.63, 3.8) is 0 Å². The average molecular weight is 533 g/mol. The van der Waals surface area contributed by atoms with E-state index in [4.69, 9.17) is 0 Å². The molecule has 3 rings (SSSR count). The normalized spacial score (nSPS) is 17.9. The second kappa shape index (κ2) is 17.3. The molecule has 39 heavy (non-hydrogen) atoms. The topological polar surface area (TPSA) is 0 Å². The lowest BCUT2D eigenvalue weighted by molar-refractivity contribution is 0.333. The lowest BCUT2D eigenvalue weighted by atomic mass is 9.66. The molecule has 0 aliphatic heterocycles. The Bertz CT molecular complexity index is 887. The number of benzene rings is 1. The highest BCUT2D eigenvalue weighted by atomic mass is 14.5. The van der Waals surface area contributed by atoms with Crippen LogP contribution in [0.15, 0.2) is 54.1 Å². The van der Waals surface area contributed by atoms with Gasteiger partial charge in [0.1, 0.15) is 0 Å². The number of fused-ring (bicyclic) bond motifs is 3. The number of hydrogen-bond donors (Lipinski definition) is 0. The van der Waals surface area contributed by atoms with Crippen LogP contribution in [0, 0.1) is 17.3 Å². The quantitative estimate of drug-likeness (QED) is 0.147. The third-order valence-corrected chi connectivity index (χ3v) is 8.95. The van der Waals surface area contributed by atoms with E-state index in [0.29, 0.717) is 5.92 Å². The molecule has 0 spiro atoms. The fraction of sp³-hybridized carbons (Fsp3) is 0.692. The van der Waals surface area contributed by atoms with Gasteiger partial charge in [-0.25, -0.2) is 0 Å². The first-order chi connectivity index (χ1) is 18.7. The minimum atomic E-state index is 0.199. The van der Waals surface area contributed by atoms with Crippen molar-refractivity contribution in [2.45, 2.75) is 157 Å². The van der Waals surface area contributed by atoms with Gasteiger partial charge < -0.3 is 0 Å². The van der Waals surface area contributed by atoms with Crippen LogP contribution >= 0.6 is 0 Å². The molecular formula is C39H64. The molecule has 0 heteroatoms. The summed E-state index contributed by atoms with van der Waals surface area (Å²) in [6.45, 7) is 18.2. The average Bonchev–Trinajstić information content (AvgIpc) is 3.17. The van der Waals surface area contributed by atoms with Gasteiger partial charge in [0.25, 0.3) is 0 Å². The van der Waals surface area contributed by atoms with Gasteiger partial charge in [-0.15, -0.1) is 0 Å². The summed E-state index contributed by atoms with van der Waals surface area (Å²) >= 11 is 0.